The van der Waals surface area contributed by atoms with Crippen molar-refractivity contribution in [3.05, 3.63) is 21.8 Å². The standard InChI is InChI=1S/C9H7BrClFN2O3S/c10-5-1-7(11)9(13-3-5)14-4-6(2-8(14)15)18(12,16)17/h1,3,6H,2,4H2. The van der Waals surface area contributed by atoms with Crippen LogP contribution in [0.15, 0.2) is 16.7 Å². The normalized spacial score (nSPS) is 20.5. The Balaban J connectivity index is 2.33. The van der Waals surface area contributed by atoms with Gasteiger partial charge in [-0.3, -0.25) is 9.69 Å². The fraction of sp³-hybridized carbons (Fsp3) is 0.333. The van der Waals surface area contributed by atoms with Crippen molar-refractivity contribution in [2.45, 2.75) is 11.7 Å². The monoisotopic (exact) mass is 356 g/mol. The fourth-order valence-electron chi connectivity index (χ4n) is 1.67. The zero-order valence-electron chi connectivity index (χ0n) is 8.81. The lowest BCUT2D eigenvalue weighted by Crippen LogP contribution is -2.28. The molecule has 0 N–H and O–H groups in total. The number of halogens is 3. The van der Waals surface area contributed by atoms with Gasteiger partial charge in [-0.1, -0.05) is 11.6 Å². The first kappa shape index (κ1) is 13.7. The molecule has 1 amide bonds. The van der Waals surface area contributed by atoms with Gasteiger partial charge in [-0.15, -0.1) is 3.89 Å². The fourth-order valence-corrected chi connectivity index (χ4v) is 3.07. The number of amides is 1. The van der Waals surface area contributed by atoms with Crippen molar-refractivity contribution in [1.82, 2.24) is 4.98 Å². The molecular weight excluding hydrogens is 351 g/mol. The highest BCUT2D eigenvalue weighted by atomic mass is 79.9. The number of aromatic nitrogens is 1. The maximum atomic E-state index is 12.9. The minimum Gasteiger partial charge on any atom is -0.294 e. The van der Waals surface area contributed by atoms with Crippen LogP contribution in [0.4, 0.5) is 9.70 Å². The van der Waals surface area contributed by atoms with Gasteiger partial charge in [0.15, 0.2) is 5.82 Å². The maximum Gasteiger partial charge on any atom is 0.307 e. The molecule has 2 rings (SSSR count). The van der Waals surface area contributed by atoms with Crippen LogP contribution in [0, 0.1) is 0 Å². The molecule has 0 radical (unpaired) electrons. The lowest BCUT2D eigenvalue weighted by atomic mass is 10.4. The van der Waals surface area contributed by atoms with E-state index < -0.39 is 27.8 Å². The Kier molecular flexibility index (Phi) is 3.61. The van der Waals surface area contributed by atoms with Crippen molar-refractivity contribution >= 4 is 49.5 Å². The Morgan fingerprint density at radius 3 is 2.72 bits per heavy atom. The van der Waals surface area contributed by atoms with Gasteiger partial charge in [0, 0.05) is 23.6 Å². The molecule has 1 aromatic rings. The van der Waals surface area contributed by atoms with Gasteiger partial charge in [-0.25, -0.2) is 4.98 Å². The molecule has 5 nitrogen and oxygen atoms in total. The predicted molar refractivity (Wildman–Crippen MR) is 67.7 cm³/mol. The van der Waals surface area contributed by atoms with Gasteiger partial charge in [0.2, 0.25) is 5.91 Å². The van der Waals surface area contributed by atoms with Crippen molar-refractivity contribution in [2.24, 2.45) is 0 Å². The van der Waals surface area contributed by atoms with E-state index in [1.807, 2.05) is 0 Å². The third-order valence-electron chi connectivity index (χ3n) is 2.53. The molecule has 98 valence electrons. The molecule has 1 aliphatic heterocycles. The van der Waals surface area contributed by atoms with Crippen LogP contribution in [0.5, 0.6) is 0 Å². The molecule has 0 spiro atoms. The molecule has 0 aromatic carbocycles. The summed E-state index contributed by atoms with van der Waals surface area (Å²) in [6.07, 6.45) is 1.03. The van der Waals surface area contributed by atoms with E-state index in [0.29, 0.717) is 4.47 Å². The van der Waals surface area contributed by atoms with E-state index >= 15 is 0 Å². The molecule has 2 heterocycles. The molecule has 9 heteroatoms. The summed E-state index contributed by atoms with van der Waals surface area (Å²) in [5.74, 6) is -0.381. The average Bonchev–Trinajstić information content (AvgIpc) is 2.60. The van der Waals surface area contributed by atoms with Crippen LogP contribution in [0.25, 0.3) is 0 Å². The summed E-state index contributed by atoms with van der Waals surface area (Å²) in [7, 11) is -4.74. The number of carbonyl (C=O) groups excluding carboxylic acids is 1. The SMILES string of the molecule is O=C1CC(S(=O)(=O)F)CN1c1ncc(Br)cc1Cl. The molecule has 1 aliphatic rings. The minimum absolute atomic E-state index is 0.135. The van der Waals surface area contributed by atoms with Crippen molar-refractivity contribution in [2.75, 3.05) is 11.4 Å². The Morgan fingerprint density at radius 2 is 2.22 bits per heavy atom. The highest BCUT2D eigenvalue weighted by molar-refractivity contribution is 9.10. The van der Waals surface area contributed by atoms with Gasteiger partial charge in [-0.2, -0.15) is 8.42 Å². The number of pyridine rings is 1. The van der Waals surface area contributed by atoms with Gasteiger partial charge in [0.05, 0.1) is 5.02 Å². The molecular formula is C9H7BrClFN2O3S. The smallest absolute Gasteiger partial charge is 0.294 e. The van der Waals surface area contributed by atoms with Crippen molar-refractivity contribution in [3.63, 3.8) is 0 Å². The second-order valence-electron chi connectivity index (χ2n) is 3.77. The van der Waals surface area contributed by atoms with E-state index in [-0.39, 0.29) is 17.4 Å². The largest absolute Gasteiger partial charge is 0.307 e. The zero-order valence-corrected chi connectivity index (χ0v) is 12.0. The average molecular weight is 358 g/mol. The Morgan fingerprint density at radius 1 is 1.56 bits per heavy atom. The molecule has 1 saturated heterocycles. The number of carbonyl (C=O) groups is 1. The molecule has 1 aromatic heterocycles. The summed E-state index contributed by atoms with van der Waals surface area (Å²) in [4.78, 5) is 16.7. The highest BCUT2D eigenvalue weighted by Gasteiger charge is 2.40. The number of hydrogen-bond acceptors (Lipinski definition) is 4. The summed E-state index contributed by atoms with van der Waals surface area (Å²) < 4.78 is 35.1. The zero-order chi connectivity index (χ0) is 13.5. The lowest BCUT2D eigenvalue weighted by Gasteiger charge is -2.16. The van der Waals surface area contributed by atoms with E-state index in [9.17, 15) is 17.1 Å². The summed E-state index contributed by atoms with van der Waals surface area (Å²) >= 11 is 9.06. The first-order valence-corrected chi connectivity index (χ1v) is 7.45. The highest BCUT2D eigenvalue weighted by Crippen LogP contribution is 2.31. The topological polar surface area (TPSA) is 67.3 Å². The quantitative estimate of drug-likeness (QED) is 0.758. The van der Waals surface area contributed by atoms with E-state index in [1.54, 1.807) is 0 Å². The van der Waals surface area contributed by atoms with Crippen molar-refractivity contribution in [1.29, 1.82) is 0 Å². The molecule has 1 unspecified atom stereocenters. The van der Waals surface area contributed by atoms with Crippen LogP contribution in [-0.4, -0.2) is 31.1 Å². The van der Waals surface area contributed by atoms with Crippen LogP contribution in [0.1, 0.15) is 6.42 Å². The summed E-state index contributed by atoms with van der Waals surface area (Å²) in [6, 6.07) is 1.52. The van der Waals surface area contributed by atoms with E-state index in [1.165, 1.54) is 12.3 Å². The number of nitrogens with zero attached hydrogens (tertiary/aromatic N) is 2. The molecule has 1 atom stereocenters. The molecule has 0 aliphatic carbocycles. The first-order chi connectivity index (χ1) is 8.29. The number of hydrogen-bond donors (Lipinski definition) is 0. The number of anilines is 1. The minimum atomic E-state index is -4.74. The van der Waals surface area contributed by atoms with E-state index in [2.05, 4.69) is 20.9 Å². The molecule has 0 bridgehead atoms. The van der Waals surface area contributed by atoms with Crippen molar-refractivity contribution < 1.29 is 17.1 Å². The van der Waals surface area contributed by atoms with E-state index in [4.69, 9.17) is 11.6 Å². The van der Waals surface area contributed by atoms with Gasteiger partial charge in [0.25, 0.3) is 0 Å². The number of rotatable bonds is 2. The molecule has 0 saturated carbocycles. The summed E-state index contributed by atoms with van der Waals surface area (Å²) in [5, 5.41) is -1.17. The predicted octanol–water partition coefficient (Wildman–Crippen LogP) is 1.90. The third kappa shape index (κ3) is 2.65. The van der Waals surface area contributed by atoms with Crippen LogP contribution in [0.2, 0.25) is 5.02 Å². The summed E-state index contributed by atoms with van der Waals surface area (Å²) in [6.45, 7) is -0.272. The molecule has 18 heavy (non-hydrogen) atoms. The van der Waals surface area contributed by atoms with Gasteiger partial charge < -0.3 is 0 Å². The maximum absolute atomic E-state index is 12.9. The second kappa shape index (κ2) is 4.75. The van der Waals surface area contributed by atoms with Gasteiger partial charge in [-0.05, 0) is 22.0 Å². The van der Waals surface area contributed by atoms with Crippen LogP contribution < -0.4 is 4.90 Å². The van der Waals surface area contributed by atoms with Gasteiger partial charge >= 0.3 is 10.2 Å². The Labute approximate surface area is 116 Å². The van der Waals surface area contributed by atoms with Gasteiger partial charge in [0.1, 0.15) is 5.25 Å². The third-order valence-corrected chi connectivity index (χ3v) is 4.36. The van der Waals surface area contributed by atoms with Crippen LogP contribution >= 0.6 is 27.5 Å². The Bertz CT molecular complexity index is 610. The molecule has 1 fully saturated rings. The second-order valence-corrected chi connectivity index (χ2v) is 6.71. The first-order valence-electron chi connectivity index (χ1n) is 4.84. The van der Waals surface area contributed by atoms with Crippen LogP contribution in [-0.2, 0) is 15.0 Å². The van der Waals surface area contributed by atoms with Crippen LogP contribution in [0.3, 0.4) is 0 Å². The summed E-state index contributed by atoms with van der Waals surface area (Å²) in [5.41, 5.74) is 0. The lowest BCUT2D eigenvalue weighted by molar-refractivity contribution is -0.117. The van der Waals surface area contributed by atoms with E-state index in [0.717, 1.165) is 4.90 Å². The Hall–Kier alpha value is -0.730. The van der Waals surface area contributed by atoms with Crippen molar-refractivity contribution in [3.8, 4) is 0 Å².